The van der Waals surface area contributed by atoms with Gasteiger partial charge in [-0.1, -0.05) is 50.2 Å². The number of hydrogen-bond acceptors (Lipinski definition) is 1. The summed E-state index contributed by atoms with van der Waals surface area (Å²) in [4.78, 5) is 0. The average Bonchev–Trinajstić information content (AvgIpc) is 2.45. The highest BCUT2D eigenvalue weighted by molar-refractivity contribution is 5.65. The summed E-state index contributed by atoms with van der Waals surface area (Å²) < 4.78 is 41.2. The van der Waals surface area contributed by atoms with Crippen molar-refractivity contribution in [2.75, 3.05) is 6.61 Å². The Kier molecular flexibility index (Phi) is 4.56. The number of alkyl halides is 3. The Morgan fingerprint density at radius 2 is 1.62 bits per heavy atom. The van der Waals surface area contributed by atoms with Gasteiger partial charge >= 0.3 is 6.18 Å². The van der Waals surface area contributed by atoms with E-state index in [9.17, 15) is 13.2 Å². The van der Waals surface area contributed by atoms with Crippen LogP contribution in [-0.2, 0) is 0 Å². The Morgan fingerprint density at radius 3 is 2.19 bits per heavy atom. The van der Waals surface area contributed by atoms with E-state index in [0.29, 0.717) is 5.92 Å². The van der Waals surface area contributed by atoms with E-state index in [2.05, 4.69) is 13.8 Å². The SMILES string of the molecule is CC(C)c1ccc(-c2cccc(OCC(F)(F)F)c2)cc1. The minimum Gasteiger partial charge on any atom is -0.484 e. The van der Waals surface area contributed by atoms with Crippen LogP contribution in [0.2, 0.25) is 0 Å². The van der Waals surface area contributed by atoms with E-state index in [1.165, 1.54) is 11.6 Å². The first-order chi connectivity index (χ1) is 9.85. The molecule has 0 radical (unpaired) electrons. The van der Waals surface area contributed by atoms with Crippen molar-refractivity contribution in [2.24, 2.45) is 0 Å². The zero-order chi connectivity index (χ0) is 15.5. The van der Waals surface area contributed by atoms with Gasteiger partial charge in [-0.25, -0.2) is 0 Å². The smallest absolute Gasteiger partial charge is 0.422 e. The first kappa shape index (κ1) is 15.4. The number of rotatable bonds is 4. The summed E-state index contributed by atoms with van der Waals surface area (Å²) in [5, 5.41) is 0. The van der Waals surface area contributed by atoms with E-state index in [0.717, 1.165) is 11.1 Å². The molecule has 2 rings (SSSR count). The molecule has 21 heavy (non-hydrogen) atoms. The summed E-state index contributed by atoms with van der Waals surface area (Å²) in [5.41, 5.74) is 3.02. The van der Waals surface area contributed by atoms with Crippen LogP contribution < -0.4 is 4.74 Å². The minimum atomic E-state index is -4.32. The molecule has 0 atom stereocenters. The summed E-state index contributed by atoms with van der Waals surface area (Å²) in [6.45, 7) is 2.95. The fourth-order valence-corrected chi connectivity index (χ4v) is 1.99. The highest BCUT2D eigenvalue weighted by Gasteiger charge is 2.28. The molecule has 0 unspecified atom stereocenters. The lowest BCUT2D eigenvalue weighted by Crippen LogP contribution is -2.19. The lowest BCUT2D eigenvalue weighted by Gasteiger charge is -2.11. The second kappa shape index (κ2) is 6.20. The van der Waals surface area contributed by atoms with Gasteiger partial charge in [0.15, 0.2) is 6.61 Å². The van der Waals surface area contributed by atoms with Crippen LogP contribution in [0, 0.1) is 0 Å². The maximum Gasteiger partial charge on any atom is 0.422 e. The zero-order valence-electron chi connectivity index (χ0n) is 11.9. The maximum atomic E-state index is 12.2. The molecule has 0 fully saturated rings. The number of ether oxygens (including phenoxy) is 1. The van der Waals surface area contributed by atoms with Gasteiger partial charge in [0.25, 0.3) is 0 Å². The van der Waals surface area contributed by atoms with Crippen molar-refractivity contribution in [3.05, 3.63) is 54.1 Å². The van der Waals surface area contributed by atoms with E-state index in [1.807, 2.05) is 30.3 Å². The van der Waals surface area contributed by atoms with Crippen LogP contribution in [0.3, 0.4) is 0 Å². The molecule has 112 valence electrons. The van der Waals surface area contributed by atoms with E-state index in [1.54, 1.807) is 12.1 Å². The minimum absolute atomic E-state index is 0.220. The van der Waals surface area contributed by atoms with Gasteiger partial charge in [-0.3, -0.25) is 0 Å². The molecule has 0 saturated carbocycles. The third kappa shape index (κ3) is 4.52. The highest BCUT2D eigenvalue weighted by Crippen LogP contribution is 2.26. The molecule has 0 aliphatic heterocycles. The molecule has 1 nitrogen and oxygen atoms in total. The van der Waals surface area contributed by atoms with Gasteiger partial charge in [0.1, 0.15) is 5.75 Å². The Morgan fingerprint density at radius 1 is 0.952 bits per heavy atom. The van der Waals surface area contributed by atoms with Gasteiger partial charge in [-0.15, -0.1) is 0 Å². The summed E-state index contributed by atoms with van der Waals surface area (Å²) in [6, 6.07) is 14.7. The van der Waals surface area contributed by atoms with Gasteiger partial charge < -0.3 is 4.74 Å². The molecule has 2 aromatic carbocycles. The molecular weight excluding hydrogens is 277 g/mol. The molecule has 0 saturated heterocycles. The van der Waals surface area contributed by atoms with Crippen LogP contribution in [0.4, 0.5) is 13.2 Å². The Hall–Kier alpha value is -1.97. The second-order valence-corrected chi connectivity index (χ2v) is 5.21. The predicted octanol–water partition coefficient (Wildman–Crippen LogP) is 5.42. The molecule has 0 spiro atoms. The fourth-order valence-electron chi connectivity index (χ4n) is 1.99. The lowest BCUT2D eigenvalue weighted by atomic mass is 9.99. The van der Waals surface area contributed by atoms with Gasteiger partial charge in [0.05, 0.1) is 0 Å². The third-order valence-electron chi connectivity index (χ3n) is 3.15. The van der Waals surface area contributed by atoms with Crippen LogP contribution in [0.25, 0.3) is 11.1 Å². The molecule has 0 aliphatic carbocycles. The van der Waals surface area contributed by atoms with Crippen LogP contribution in [-0.4, -0.2) is 12.8 Å². The topological polar surface area (TPSA) is 9.23 Å². The van der Waals surface area contributed by atoms with Gasteiger partial charge in [0.2, 0.25) is 0 Å². The van der Waals surface area contributed by atoms with E-state index < -0.39 is 12.8 Å². The summed E-state index contributed by atoms with van der Waals surface area (Å²) >= 11 is 0. The monoisotopic (exact) mass is 294 g/mol. The van der Waals surface area contributed by atoms with Crippen molar-refractivity contribution in [2.45, 2.75) is 25.9 Å². The van der Waals surface area contributed by atoms with E-state index >= 15 is 0 Å². The fraction of sp³-hybridized carbons (Fsp3) is 0.294. The van der Waals surface area contributed by atoms with Crippen molar-refractivity contribution >= 4 is 0 Å². The second-order valence-electron chi connectivity index (χ2n) is 5.21. The van der Waals surface area contributed by atoms with Gasteiger partial charge in [-0.2, -0.15) is 13.2 Å². The molecular formula is C17H17F3O. The van der Waals surface area contributed by atoms with Crippen molar-refractivity contribution < 1.29 is 17.9 Å². The van der Waals surface area contributed by atoms with Crippen molar-refractivity contribution in [1.29, 1.82) is 0 Å². The molecule has 0 bridgehead atoms. The van der Waals surface area contributed by atoms with Crippen LogP contribution >= 0.6 is 0 Å². The number of benzene rings is 2. The van der Waals surface area contributed by atoms with Crippen LogP contribution in [0.1, 0.15) is 25.3 Å². The Bertz CT molecular complexity index is 586. The number of hydrogen-bond donors (Lipinski definition) is 0. The molecule has 0 heterocycles. The molecule has 0 aromatic heterocycles. The van der Waals surface area contributed by atoms with E-state index in [-0.39, 0.29) is 5.75 Å². The zero-order valence-corrected chi connectivity index (χ0v) is 11.9. The summed E-state index contributed by atoms with van der Waals surface area (Å²) in [6.07, 6.45) is -4.32. The Balaban J connectivity index is 2.16. The molecule has 0 N–H and O–H groups in total. The molecule has 0 amide bonds. The third-order valence-corrected chi connectivity index (χ3v) is 3.15. The Labute approximate surface area is 122 Å². The highest BCUT2D eigenvalue weighted by atomic mass is 19.4. The van der Waals surface area contributed by atoms with Crippen molar-refractivity contribution in [3.63, 3.8) is 0 Å². The maximum absolute atomic E-state index is 12.2. The summed E-state index contributed by atoms with van der Waals surface area (Å²) in [5.74, 6) is 0.665. The lowest BCUT2D eigenvalue weighted by molar-refractivity contribution is -0.153. The molecule has 4 heteroatoms. The largest absolute Gasteiger partial charge is 0.484 e. The van der Waals surface area contributed by atoms with Crippen molar-refractivity contribution in [3.8, 4) is 16.9 Å². The van der Waals surface area contributed by atoms with E-state index in [4.69, 9.17) is 4.74 Å². The standard InChI is InChI=1S/C17H17F3O/c1-12(2)13-6-8-14(9-7-13)15-4-3-5-16(10-15)21-11-17(18,19)20/h3-10,12H,11H2,1-2H3. The van der Waals surface area contributed by atoms with Crippen LogP contribution in [0.15, 0.2) is 48.5 Å². The molecule has 0 aliphatic rings. The number of halogens is 3. The normalized spacial score (nSPS) is 11.7. The average molecular weight is 294 g/mol. The quantitative estimate of drug-likeness (QED) is 0.731. The van der Waals surface area contributed by atoms with Crippen LogP contribution in [0.5, 0.6) is 5.75 Å². The first-order valence-electron chi connectivity index (χ1n) is 6.75. The molecule has 2 aromatic rings. The van der Waals surface area contributed by atoms with Gasteiger partial charge in [0, 0.05) is 0 Å². The summed E-state index contributed by atoms with van der Waals surface area (Å²) in [7, 11) is 0. The van der Waals surface area contributed by atoms with Gasteiger partial charge in [-0.05, 0) is 34.7 Å². The predicted molar refractivity (Wildman–Crippen MR) is 77.5 cm³/mol. The first-order valence-corrected chi connectivity index (χ1v) is 6.75. The van der Waals surface area contributed by atoms with Crippen molar-refractivity contribution in [1.82, 2.24) is 0 Å².